The van der Waals surface area contributed by atoms with E-state index in [0.717, 1.165) is 38.2 Å². The van der Waals surface area contributed by atoms with Crippen molar-refractivity contribution in [3.63, 3.8) is 0 Å². The predicted molar refractivity (Wildman–Crippen MR) is 75.6 cm³/mol. The molecule has 18 heavy (non-hydrogen) atoms. The second-order valence-corrected chi connectivity index (χ2v) is 6.42. The highest BCUT2D eigenvalue weighted by Gasteiger charge is 2.29. The zero-order valence-corrected chi connectivity index (χ0v) is 12.5. The molecule has 0 aromatic carbocycles. The van der Waals surface area contributed by atoms with Crippen LogP contribution in [0.5, 0.6) is 0 Å². The van der Waals surface area contributed by atoms with Gasteiger partial charge in [0.1, 0.15) is 0 Å². The number of carbonyl (C=O) groups is 2. The minimum Gasteiger partial charge on any atom is -0.342 e. The highest BCUT2D eigenvalue weighted by Crippen LogP contribution is 2.22. The fourth-order valence-electron chi connectivity index (χ4n) is 2.15. The monoisotopic (exact) mass is 272 g/mol. The van der Waals surface area contributed by atoms with E-state index >= 15 is 0 Å². The number of carbonyl (C=O) groups excluding carboxylic acids is 2. The van der Waals surface area contributed by atoms with Gasteiger partial charge < -0.3 is 9.80 Å². The van der Waals surface area contributed by atoms with Crippen LogP contribution in [0.1, 0.15) is 26.2 Å². The van der Waals surface area contributed by atoms with Crippen molar-refractivity contribution in [2.75, 3.05) is 39.5 Å². The molecule has 1 heterocycles. The standard InChI is InChI=1S/C13H24N2O2S/c1-11(16)18-10-12-8-13(17)15(9-12)7-5-4-6-14(2)3/h12H,4-10H2,1-3H3. The Morgan fingerprint density at radius 2 is 2.17 bits per heavy atom. The molecule has 5 heteroatoms. The number of hydrogen-bond acceptors (Lipinski definition) is 4. The van der Waals surface area contributed by atoms with Gasteiger partial charge in [0.25, 0.3) is 0 Å². The van der Waals surface area contributed by atoms with E-state index in [1.165, 1.54) is 11.8 Å². The predicted octanol–water partition coefficient (Wildman–Crippen LogP) is 1.46. The highest BCUT2D eigenvalue weighted by atomic mass is 32.2. The SMILES string of the molecule is CC(=O)SCC1CC(=O)N(CCCCN(C)C)C1. The summed E-state index contributed by atoms with van der Waals surface area (Å²) in [6, 6.07) is 0. The van der Waals surface area contributed by atoms with Gasteiger partial charge in [-0.3, -0.25) is 9.59 Å². The number of nitrogens with zero attached hydrogens (tertiary/aromatic N) is 2. The van der Waals surface area contributed by atoms with Crippen LogP contribution in [0.25, 0.3) is 0 Å². The summed E-state index contributed by atoms with van der Waals surface area (Å²) in [5.74, 6) is 1.41. The van der Waals surface area contributed by atoms with Crippen LogP contribution in [-0.4, -0.2) is 60.3 Å². The smallest absolute Gasteiger partial charge is 0.222 e. The maximum Gasteiger partial charge on any atom is 0.222 e. The topological polar surface area (TPSA) is 40.6 Å². The van der Waals surface area contributed by atoms with Crippen molar-refractivity contribution in [2.45, 2.75) is 26.2 Å². The molecule has 0 radical (unpaired) electrons. The van der Waals surface area contributed by atoms with Crippen molar-refractivity contribution in [3.8, 4) is 0 Å². The Kier molecular flexibility index (Phi) is 6.71. The highest BCUT2D eigenvalue weighted by molar-refractivity contribution is 8.13. The second kappa shape index (κ2) is 7.79. The Hall–Kier alpha value is -0.550. The average Bonchev–Trinajstić information content (AvgIpc) is 2.63. The van der Waals surface area contributed by atoms with E-state index in [1.807, 2.05) is 4.90 Å². The number of unbranched alkanes of at least 4 members (excludes halogenated alkanes) is 1. The van der Waals surface area contributed by atoms with Gasteiger partial charge in [-0.25, -0.2) is 0 Å². The fourth-order valence-corrected chi connectivity index (χ4v) is 2.84. The molecule has 1 fully saturated rings. The van der Waals surface area contributed by atoms with Crippen LogP contribution in [0.2, 0.25) is 0 Å². The van der Waals surface area contributed by atoms with Crippen LogP contribution in [0.4, 0.5) is 0 Å². The number of hydrogen-bond donors (Lipinski definition) is 0. The first-order valence-electron chi connectivity index (χ1n) is 6.55. The van der Waals surface area contributed by atoms with Crippen LogP contribution in [0, 0.1) is 5.92 Å². The second-order valence-electron chi connectivity index (χ2n) is 5.22. The number of likely N-dealkylation sites (tertiary alicyclic amines) is 1. The van der Waals surface area contributed by atoms with Crippen molar-refractivity contribution in [2.24, 2.45) is 5.92 Å². The molecule has 1 saturated heterocycles. The Morgan fingerprint density at radius 3 is 2.78 bits per heavy atom. The third-order valence-corrected chi connectivity index (χ3v) is 4.14. The normalized spacial score (nSPS) is 19.9. The molecule has 0 aromatic heterocycles. The average molecular weight is 272 g/mol. The molecular weight excluding hydrogens is 248 g/mol. The summed E-state index contributed by atoms with van der Waals surface area (Å²) in [6.45, 7) is 4.36. The molecule has 1 unspecified atom stereocenters. The van der Waals surface area contributed by atoms with Gasteiger partial charge in [0.15, 0.2) is 5.12 Å². The summed E-state index contributed by atoms with van der Waals surface area (Å²) in [4.78, 5) is 26.8. The molecule has 0 N–H and O–H groups in total. The van der Waals surface area contributed by atoms with Crippen LogP contribution in [0.3, 0.4) is 0 Å². The quantitative estimate of drug-likeness (QED) is 0.658. The van der Waals surface area contributed by atoms with E-state index in [2.05, 4.69) is 19.0 Å². The van der Waals surface area contributed by atoms with Gasteiger partial charge >= 0.3 is 0 Å². The van der Waals surface area contributed by atoms with Crippen molar-refractivity contribution >= 4 is 22.8 Å². The van der Waals surface area contributed by atoms with Gasteiger partial charge in [0.2, 0.25) is 5.91 Å². The van der Waals surface area contributed by atoms with E-state index < -0.39 is 0 Å². The number of thioether (sulfide) groups is 1. The van der Waals surface area contributed by atoms with Crippen LogP contribution in [-0.2, 0) is 9.59 Å². The lowest BCUT2D eigenvalue weighted by atomic mass is 10.1. The minimum atomic E-state index is 0.145. The molecule has 0 spiro atoms. The van der Waals surface area contributed by atoms with Crippen LogP contribution in [0.15, 0.2) is 0 Å². The summed E-state index contributed by atoms with van der Waals surface area (Å²) in [7, 11) is 4.13. The molecular formula is C13H24N2O2S. The molecule has 1 aliphatic heterocycles. The molecule has 1 amide bonds. The first-order chi connectivity index (χ1) is 8.49. The van der Waals surface area contributed by atoms with E-state index in [-0.39, 0.29) is 11.0 Å². The Labute approximate surface area is 114 Å². The van der Waals surface area contributed by atoms with E-state index in [9.17, 15) is 9.59 Å². The molecule has 0 saturated carbocycles. The molecule has 1 atom stereocenters. The van der Waals surface area contributed by atoms with Gasteiger partial charge in [-0.2, -0.15) is 0 Å². The van der Waals surface area contributed by atoms with Crippen molar-refractivity contribution in [1.82, 2.24) is 9.80 Å². The number of amides is 1. The molecule has 1 aliphatic rings. The Bertz CT molecular complexity index is 295. The fraction of sp³-hybridized carbons (Fsp3) is 0.846. The van der Waals surface area contributed by atoms with E-state index in [0.29, 0.717) is 12.3 Å². The summed E-state index contributed by atoms with van der Waals surface area (Å²) >= 11 is 1.34. The zero-order valence-electron chi connectivity index (χ0n) is 11.6. The van der Waals surface area contributed by atoms with Crippen molar-refractivity contribution in [3.05, 3.63) is 0 Å². The van der Waals surface area contributed by atoms with Gasteiger partial charge in [0.05, 0.1) is 0 Å². The molecule has 0 aliphatic carbocycles. The van der Waals surface area contributed by atoms with E-state index in [1.54, 1.807) is 6.92 Å². The van der Waals surface area contributed by atoms with Crippen molar-refractivity contribution < 1.29 is 9.59 Å². The maximum absolute atomic E-state index is 11.8. The van der Waals surface area contributed by atoms with Crippen LogP contribution < -0.4 is 0 Å². The summed E-state index contributed by atoms with van der Waals surface area (Å²) in [5.41, 5.74) is 0. The Morgan fingerprint density at radius 1 is 1.44 bits per heavy atom. The lowest BCUT2D eigenvalue weighted by Crippen LogP contribution is -2.27. The molecule has 0 bridgehead atoms. The zero-order chi connectivity index (χ0) is 13.5. The summed E-state index contributed by atoms with van der Waals surface area (Å²) < 4.78 is 0. The van der Waals surface area contributed by atoms with Crippen molar-refractivity contribution in [1.29, 1.82) is 0 Å². The van der Waals surface area contributed by atoms with Gasteiger partial charge in [-0.15, -0.1) is 0 Å². The van der Waals surface area contributed by atoms with Gasteiger partial charge in [-0.05, 0) is 39.4 Å². The third kappa shape index (κ3) is 5.87. The summed E-state index contributed by atoms with van der Waals surface area (Å²) in [6.07, 6.45) is 2.81. The van der Waals surface area contributed by atoms with E-state index in [4.69, 9.17) is 0 Å². The molecule has 0 aromatic rings. The lowest BCUT2D eigenvalue weighted by molar-refractivity contribution is -0.127. The molecule has 4 nitrogen and oxygen atoms in total. The lowest BCUT2D eigenvalue weighted by Gasteiger charge is -2.17. The maximum atomic E-state index is 11.8. The first-order valence-corrected chi connectivity index (χ1v) is 7.53. The van der Waals surface area contributed by atoms with Gasteiger partial charge in [0, 0.05) is 32.2 Å². The Balaban J connectivity index is 2.19. The molecule has 104 valence electrons. The largest absolute Gasteiger partial charge is 0.342 e. The number of rotatable bonds is 7. The minimum absolute atomic E-state index is 0.145. The summed E-state index contributed by atoms with van der Waals surface area (Å²) in [5, 5.41) is 0.145. The first kappa shape index (κ1) is 15.5. The molecule has 1 rings (SSSR count). The van der Waals surface area contributed by atoms with Gasteiger partial charge in [-0.1, -0.05) is 11.8 Å². The third-order valence-electron chi connectivity index (χ3n) is 3.10. The van der Waals surface area contributed by atoms with Crippen LogP contribution >= 0.6 is 11.8 Å².